The van der Waals surface area contributed by atoms with E-state index in [1.807, 2.05) is 6.07 Å². The van der Waals surface area contributed by atoms with Crippen molar-refractivity contribution in [2.24, 2.45) is 0 Å². The Hall–Kier alpha value is -0.0900. The maximum absolute atomic E-state index is 10.0. The van der Waals surface area contributed by atoms with Gasteiger partial charge in [0, 0.05) is 25.0 Å². The summed E-state index contributed by atoms with van der Waals surface area (Å²) < 4.78 is 5.62. The summed E-state index contributed by atoms with van der Waals surface area (Å²) in [6.45, 7) is 2.32. The quantitative estimate of drug-likeness (QED) is 0.846. The van der Waals surface area contributed by atoms with Crippen molar-refractivity contribution >= 4 is 22.9 Å². The van der Waals surface area contributed by atoms with Gasteiger partial charge in [-0.1, -0.05) is 11.6 Å². The molecule has 0 spiro atoms. The second kappa shape index (κ2) is 4.42. The molecule has 0 bridgehead atoms. The zero-order chi connectivity index (χ0) is 9.90. The van der Waals surface area contributed by atoms with Gasteiger partial charge in [0.1, 0.15) is 0 Å². The number of methoxy groups -OCH3 is 1. The van der Waals surface area contributed by atoms with Gasteiger partial charge in [0.25, 0.3) is 0 Å². The maximum atomic E-state index is 10.0. The number of rotatable bonds is 4. The summed E-state index contributed by atoms with van der Waals surface area (Å²) >= 11 is 7.18. The third-order valence-electron chi connectivity index (χ3n) is 1.90. The van der Waals surface area contributed by atoms with E-state index in [0.29, 0.717) is 17.4 Å². The van der Waals surface area contributed by atoms with Crippen LogP contribution < -0.4 is 0 Å². The van der Waals surface area contributed by atoms with Crippen LogP contribution in [0.5, 0.6) is 0 Å². The van der Waals surface area contributed by atoms with Crippen LogP contribution in [0, 0.1) is 0 Å². The number of halogens is 1. The van der Waals surface area contributed by atoms with Crippen LogP contribution in [0.25, 0.3) is 0 Å². The topological polar surface area (TPSA) is 29.5 Å². The van der Waals surface area contributed by atoms with Gasteiger partial charge in [-0.05, 0) is 19.1 Å². The number of hydrogen-bond donors (Lipinski definition) is 1. The Morgan fingerprint density at radius 2 is 2.31 bits per heavy atom. The van der Waals surface area contributed by atoms with Crippen molar-refractivity contribution in [2.45, 2.75) is 18.9 Å². The predicted octanol–water partition coefficient (Wildman–Crippen LogP) is 2.65. The molecular weight excluding hydrogens is 208 g/mol. The van der Waals surface area contributed by atoms with Crippen molar-refractivity contribution in [2.75, 3.05) is 13.7 Å². The fraction of sp³-hybridized carbons (Fsp3) is 0.556. The van der Waals surface area contributed by atoms with Crippen LogP contribution >= 0.6 is 22.9 Å². The molecule has 0 aliphatic carbocycles. The van der Waals surface area contributed by atoms with E-state index in [2.05, 4.69) is 0 Å². The molecule has 4 heteroatoms. The lowest BCUT2D eigenvalue weighted by Crippen LogP contribution is -2.21. The lowest BCUT2D eigenvalue weighted by Gasteiger charge is -2.20. The number of thiophene rings is 1. The van der Waals surface area contributed by atoms with Crippen LogP contribution in [0.1, 0.15) is 18.2 Å². The lowest BCUT2D eigenvalue weighted by atomic mass is 10.0. The van der Waals surface area contributed by atoms with Gasteiger partial charge in [0.2, 0.25) is 0 Å². The molecule has 1 atom stereocenters. The molecule has 1 N–H and O–H groups in total. The van der Waals surface area contributed by atoms with E-state index in [-0.39, 0.29) is 0 Å². The second-order valence-electron chi connectivity index (χ2n) is 3.12. The van der Waals surface area contributed by atoms with Crippen LogP contribution in [-0.2, 0) is 10.3 Å². The summed E-state index contributed by atoms with van der Waals surface area (Å²) in [5.41, 5.74) is -0.826. The van der Waals surface area contributed by atoms with Crippen LogP contribution in [0.2, 0.25) is 4.34 Å². The molecule has 0 aromatic carbocycles. The fourth-order valence-electron chi connectivity index (χ4n) is 1.03. The summed E-state index contributed by atoms with van der Waals surface area (Å²) in [5, 5.41) is 10.0. The summed E-state index contributed by atoms with van der Waals surface area (Å²) in [7, 11) is 1.62. The minimum atomic E-state index is -0.826. The number of aliphatic hydroxyl groups is 1. The van der Waals surface area contributed by atoms with Crippen molar-refractivity contribution in [3.63, 3.8) is 0 Å². The molecule has 1 aromatic rings. The number of hydrogen-bond acceptors (Lipinski definition) is 3. The zero-order valence-electron chi connectivity index (χ0n) is 7.71. The molecule has 1 aromatic heterocycles. The molecule has 1 unspecified atom stereocenters. The van der Waals surface area contributed by atoms with E-state index in [4.69, 9.17) is 16.3 Å². The van der Waals surface area contributed by atoms with Crippen LogP contribution in [0.3, 0.4) is 0 Å². The average Bonchev–Trinajstić information content (AvgIpc) is 2.49. The molecule has 0 aliphatic rings. The van der Waals surface area contributed by atoms with Crippen LogP contribution in [0.15, 0.2) is 12.1 Å². The molecular formula is C9H13ClO2S. The molecule has 0 aliphatic heterocycles. The normalized spacial score (nSPS) is 15.7. The Morgan fingerprint density at radius 1 is 1.62 bits per heavy atom. The van der Waals surface area contributed by atoms with Gasteiger partial charge in [-0.15, -0.1) is 11.3 Å². The maximum Gasteiger partial charge on any atom is 0.0982 e. The molecule has 0 saturated heterocycles. The Morgan fingerprint density at radius 3 is 2.77 bits per heavy atom. The third-order valence-corrected chi connectivity index (χ3v) is 3.38. The first-order chi connectivity index (χ1) is 6.06. The van der Waals surface area contributed by atoms with Gasteiger partial charge in [-0.2, -0.15) is 0 Å². The number of ether oxygens (including phenoxy) is 1. The minimum Gasteiger partial charge on any atom is -0.385 e. The molecule has 0 amide bonds. The second-order valence-corrected chi connectivity index (χ2v) is 4.84. The van der Waals surface area contributed by atoms with Crippen molar-refractivity contribution in [3.05, 3.63) is 21.3 Å². The van der Waals surface area contributed by atoms with E-state index >= 15 is 0 Å². The SMILES string of the molecule is COCCC(C)(O)c1ccc(Cl)s1. The average molecular weight is 221 g/mol. The molecule has 1 heterocycles. The molecule has 0 radical (unpaired) electrons. The summed E-state index contributed by atoms with van der Waals surface area (Å²) in [4.78, 5) is 0.884. The largest absolute Gasteiger partial charge is 0.385 e. The smallest absolute Gasteiger partial charge is 0.0982 e. The lowest BCUT2D eigenvalue weighted by molar-refractivity contribution is 0.0242. The van der Waals surface area contributed by atoms with Gasteiger partial charge in [0.05, 0.1) is 9.94 Å². The summed E-state index contributed by atoms with van der Waals surface area (Å²) in [6.07, 6.45) is 0.584. The summed E-state index contributed by atoms with van der Waals surface area (Å²) in [6, 6.07) is 3.64. The highest BCUT2D eigenvalue weighted by atomic mass is 35.5. The molecule has 2 nitrogen and oxygen atoms in total. The van der Waals surface area contributed by atoms with Gasteiger partial charge < -0.3 is 9.84 Å². The molecule has 0 fully saturated rings. The van der Waals surface area contributed by atoms with E-state index < -0.39 is 5.60 Å². The van der Waals surface area contributed by atoms with Gasteiger partial charge in [0.15, 0.2) is 0 Å². The van der Waals surface area contributed by atoms with Gasteiger partial charge in [-0.25, -0.2) is 0 Å². The highest BCUT2D eigenvalue weighted by Crippen LogP contribution is 2.32. The highest BCUT2D eigenvalue weighted by molar-refractivity contribution is 7.16. The summed E-state index contributed by atoms with van der Waals surface area (Å²) in [5.74, 6) is 0. The molecule has 0 saturated carbocycles. The van der Waals surface area contributed by atoms with Crippen molar-refractivity contribution in [1.29, 1.82) is 0 Å². The fourth-order valence-corrected chi connectivity index (χ4v) is 2.14. The standard InChI is InChI=1S/C9H13ClO2S/c1-9(11,5-6-12-2)7-3-4-8(10)13-7/h3-4,11H,5-6H2,1-2H3. The molecule has 74 valence electrons. The highest BCUT2D eigenvalue weighted by Gasteiger charge is 2.24. The first kappa shape index (κ1) is 11.0. The van der Waals surface area contributed by atoms with E-state index in [9.17, 15) is 5.11 Å². The van der Waals surface area contributed by atoms with Crippen LogP contribution in [-0.4, -0.2) is 18.8 Å². The van der Waals surface area contributed by atoms with E-state index in [1.165, 1.54) is 11.3 Å². The monoisotopic (exact) mass is 220 g/mol. The van der Waals surface area contributed by atoms with E-state index in [0.717, 1.165) is 4.88 Å². The van der Waals surface area contributed by atoms with Crippen LogP contribution in [0.4, 0.5) is 0 Å². The first-order valence-corrected chi connectivity index (χ1v) is 5.23. The minimum absolute atomic E-state index is 0.544. The Balaban J connectivity index is 2.68. The van der Waals surface area contributed by atoms with Gasteiger partial charge >= 0.3 is 0 Å². The Labute approximate surface area is 87.1 Å². The molecule has 1 rings (SSSR count). The first-order valence-electron chi connectivity index (χ1n) is 4.03. The third kappa shape index (κ3) is 2.95. The Kier molecular flexibility index (Phi) is 3.74. The molecule has 13 heavy (non-hydrogen) atoms. The van der Waals surface area contributed by atoms with Crippen molar-refractivity contribution in [3.8, 4) is 0 Å². The van der Waals surface area contributed by atoms with E-state index in [1.54, 1.807) is 20.1 Å². The van der Waals surface area contributed by atoms with Gasteiger partial charge in [-0.3, -0.25) is 0 Å². The zero-order valence-corrected chi connectivity index (χ0v) is 9.28. The van der Waals surface area contributed by atoms with Crippen molar-refractivity contribution < 1.29 is 9.84 Å². The predicted molar refractivity (Wildman–Crippen MR) is 55.4 cm³/mol. The van der Waals surface area contributed by atoms with Crippen molar-refractivity contribution in [1.82, 2.24) is 0 Å². The Bertz CT molecular complexity index is 270.